The Kier molecular flexibility index (Phi) is 5.08. The van der Waals surface area contributed by atoms with Crippen molar-refractivity contribution in [1.29, 1.82) is 0 Å². The zero-order valence-electron chi connectivity index (χ0n) is 11.2. The topological polar surface area (TPSA) is 119 Å². The van der Waals surface area contributed by atoms with Gasteiger partial charge in [-0.3, -0.25) is 9.59 Å². The predicted octanol–water partition coefficient (Wildman–Crippen LogP) is 0.439. The molecule has 0 saturated heterocycles. The Morgan fingerprint density at radius 3 is 2.55 bits per heavy atom. The molecule has 108 valence electrons. The Morgan fingerprint density at radius 2 is 2.05 bits per heavy atom. The molecular weight excluding hydrogens is 264 g/mol. The number of aliphatic carboxylic acids is 1. The molecule has 1 amide bonds. The van der Waals surface area contributed by atoms with Crippen LogP contribution in [-0.2, 0) is 9.59 Å². The van der Waals surface area contributed by atoms with Gasteiger partial charge >= 0.3 is 5.97 Å². The minimum atomic E-state index is -1.29. The molecule has 7 nitrogen and oxygen atoms in total. The molecular formula is C13H16N2O5. The van der Waals surface area contributed by atoms with Gasteiger partial charge in [-0.25, -0.2) is 4.79 Å². The van der Waals surface area contributed by atoms with Gasteiger partial charge in [-0.05, 0) is 18.2 Å². The van der Waals surface area contributed by atoms with Crippen molar-refractivity contribution < 1.29 is 24.2 Å². The largest absolute Gasteiger partial charge is 0.497 e. The van der Waals surface area contributed by atoms with Gasteiger partial charge < -0.3 is 20.9 Å². The van der Waals surface area contributed by atoms with Gasteiger partial charge in [0.2, 0.25) is 5.91 Å². The van der Waals surface area contributed by atoms with Crippen LogP contribution >= 0.6 is 0 Å². The number of benzene rings is 1. The number of rotatable bonds is 6. The number of anilines is 1. The van der Waals surface area contributed by atoms with E-state index in [2.05, 4.69) is 5.32 Å². The highest BCUT2D eigenvalue weighted by Crippen LogP contribution is 2.21. The van der Waals surface area contributed by atoms with Crippen LogP contribution in [0.2, 0.25) is 0 Å². The van der Waals surface area contributed by atoms with E-state index in [-0.39, 0.29) is 17.7 Å². The quantitative estimate of drug-likeness (QED) is 0.514. The van der Waals surface area contributed by atoms with E-state index in [1.165, 1.54) is 26.2 Å². The predicted molar refractivity (Wildman–Crippen MR) is 71.6 cm³/mol. The van der Waals surface area contributed by atoms with E-state index >= 15 is 0 Å². The number of Topliss-reactive ketones (excluding diaryl/α,β-unsaturated/α-hetero) is 1. The molecule has 0 aromatic heterocycles. The summed E-state index contributed by atoms with van der Waals surface area (Å²) in [6, 6.07) is 3.24. The number of amides is 1. The second-order valence-electron chi connectivity index (χ2n) is 4.17. The van der Waals surface area contributed by atoms with E-state index in [0.717, 1.165) is 0 Å². The number of methoxy groups -OCH3 is 1. The lowest BCUT2D eigenvalue weighted by molar-refractivity contribution is -0.141. The maximum absolute atomic E-state index is 12.1. The molecule has 0 saturated carbocycles. The van der Waals surface area contributed by atoms with Gasteiger partial charge in [-0.15, -0.1) is 0 Å². The molecule has 1 rings (SSSR count). The van der Waals surface area contributed by atoms with E-state index in [4.69, 9.17) is 15.6 Å². The van der Waals surface area contributed by atoms with Crippen LogP contribution < -0.4 is 15.8 Å². The van der Waals surface area contributed by atoms with E-state index in [1.807, 2.05) is 0 Å². The van der Waals surface area contributed by atoms with Gasteiger partial charge in [-0.2, -0.15) is 0 Å². The summed E-state index contributed by atoms with van der Waals surface area (Å²) in [7, 11) is 1.44. The van der Waals surface area contributed by atoms with Crippen LogP contribution in [0, 0.1) is 0 Å². The summed E-state index contributed by atoms with van der Waals surface area (Å²) in [4.78, 5) is 34.0. The number of carbonyl (C=O) groups excluding carboxylic acids is 2. The summed E-state index contributed by atoms with van der Waals surface area (Å²) < 4.78 is 4.98. The molecule has 0 aliphatic rings. The molecule has 1 aromatic rings. The molecule has 0 radical (unpaired) electrons. The van der Waals surface area contributed by atoms with Crippen molar-refractivity contribution in [3.63, 3.8) is 0 Å². The second kappa shape index (κ2) is 6.55. The fraction of sp³-hybridized carbons (Fsp3) is 0.308. The van der Waals surface area contributed by atoms with E-state index in [0.29, 0.717) is 5.75 Å². The number of carbonyl (C=O) groups is 3. The molecule has 1 aromatic carbocycles. The number of hydrogen-bond donors (Lipinski definition) is 3. The molecule has 4 N–H and O–H groups in total. The third-order valence-corrected chi connectivity index (χ3v) is 2.63. The molecule has 0 aliphatic carbocycles. The minimum Gasteiger partial charge on any atom is -0.497 e. The van der Waals surface area contributed by atoms with Crippen molar-refractivity contribution in [3.8, 4) is 5.75 Å². The summed E-state index contributed by atoms with van der Waals surface area (Å²) >= 11 is 0. The SMILES string of the molecule is COc1ccc(N)c(C(=O)C[C@H](NC(C)=O)C(=O)O)c1. The second-order valence-corrected chi connectivity index (χ2v) is 4.17. The number of hydrogen-bond acceptors (Lipinski definition) is 5. The average Bonchev–Trinajstić information content (AvgIpc) is 2.37. The maximum Gasteiger partial charge on any atom is 0.326 e. The minimum absolute atomic E-state index is 0.168. The normalized spacial score (nSPS) is 11.5. The van der Waals surface area contributed by atoms with Crippen LogP contribution in [0.4, 0.5) is 5.69 Å². The monoisotopic (exact) mass is 280 g/mol. The number of ketones is 1. The number of carboxylic acid groups (broad SMARTS) is 1. The summed E-state index contributed by atoms with van der Waals surface area (Å²) in [6.07, 6.45) is -0.383. The zero-order chi connectivity index (χ0) is 15.3. The summed E-state index contributed by atoms with van der Waals surface area (Å²) in [5.74, 6) is -1.85. The molecule has 0 heterocycles. The summed E-state index contributed by atoms with van der Waals surface area (Å²) in [5.41, 5.74) is 6.08. The first kappa shape index (κ1) is 15.5. The van der Waals surface area contributed by atoms with Gasteiger partial charge in [0, 0.05) is 24.6 Å². The third kappa shape index (κ3) is 3.98. The Balaban J connectivity index is 2.94. The molecule has 0 unspecified atom stereocenters. The van der Waals surface area contributed by atoms with Crippen LogP contribution in [0.3, 0.4) is 0 Å². The molecule has 0 bridgehead atoms. The highest BCUT2D eigenvalue weighted by Gasteiger charge is 2.24. The Bertz CT molecular complexity index is 542. The molecule has 20 heavy (non-hydrogen) atoms. The number of nitrogen functional groups attached to an aromatic ring is 1. The van der Waals surface area contributed by atoms with Crippen LogP contribution in [0.15, 0.2) is 18.2 Å². The van der Waals surface area contributed by atoms with Crippen molar-refractivity contribution in [2.75, 3.05) is 12.8 Å². The van der Waals surface area contributed by atoms with E-state index < -0.39 is 23.7 Å². The Hall–Kier alpha value is -2.57. The summed E-state index contributed by atoms with van der Waals surface area (Å²) in [5, 5.41) is 11.2. The van der Waals surface area contributed by atoms with Crippen molar-refractivity contribution in [2.24, 2.45) is 0 Å². The van der Waals surface area contributed by atoms with Gasteiger partial charge in [0.15, 0.2) is 5.78 Å². The fourth-order valence-corrected chi connectivity index (χ4v) is 1.64. The van der Waals surface area contributed by atoms with Crippen molar-refractivity contribution in [1.82, 2.24) is 5.32 Å². The van der Waals surface area contributed by atoms with Crippen LogP contribution in [0.5, 0.6) is 5.75 Å². The van der Waals surface area contributed by atoms with E-state index in [9.17, 15) is 14.4 Å². The Labute approximate surface area is 115 Å². The summed E-state index contributed by atoms with van der Waals surface area (Å²) in [6.45, 7) is 1.18. The Morgan fingerprint density at radius 1 is 1.40 bits per heavy atom. The highest BCUT2D eigenvalue weighted by molar-refractivity contribution is 6.03. The molecule has 0 aliphatic heterocycles. The first-order valence-corrected chi connectivity index (χ1v) is 5.81. The molecule has 0 fully saturated rings. The molecule has 1 atom stereocenters. The standard InChI is InChI=1S/C13H16N2O5/c1-7(16)15-11(13(18)19)6-12(17)9-5-8(20-2)3-4-10(9)14/h3-5,11H,6,14H2,1-2H3,(H,15,16)(H,18,19)/t11-/m0/s1. The number of ether oxygens (including phenoxy) is 1. The van der Waals surface area contributed by atoms with Crippen LogP contribution in [-0.4, -0.2) is 35.9 Å². The number of carboxylic acids is 1. The first-order chi connectivity index (χ1) is 9.35. The van der Waals surface area contributed by atoms with E-state index in [1.54, 1.807) is 6.07 Å². The lowest BCUT2D eigenvalue weighted by atomic mass is 10.0. The molecule has 7 heteroatoms. The molecule has 0 spiro atoms. The van der Waals surface area contributed by atoms with Crippen LogP contribution in [0.1, 0.15) is 23.7 Å². The fourth-order valence-electron chi connectivity index (χ4n) is 1.64. The van der Waals surface area contributed by atoms with Crippen molar-refractivity contribution >= 4 is 23.3 Å². The van der Waals surface area contributed by atoms with Crippen molar-refractivity contribution in [2.45, 2.75) is 19.4 Å². The highest BCUT2D eigenvalue weighted by atomic mass is 16.5. The van der Waals surface area contributed by atoms with Crippen molar-refractivity contribution in [3.05, 3.63) is 23.8 Å². The zero-order valence-corrected chi connectivity index (χ0v) is 11.2. The van der Waals surface area contributed by atoms with Gasteiger partial charge in [0.25, 0.3) is 0 Å². The average molecular weight is 280 g/mol. The van der Waals surface area contributed by atoms with Gasteiger partial charge in [0.05, 0.1) is 7.11 Å². The first-order valence-electron chi connectivity index (χ1n) is 5.81. The lowest BCUT2D eigenvalue weighted by Gasteiger charge is -2.13. The maximum atomic E-state index is 12.1. The van der Waals surface area contributed by atoms with Crippen LogP contribution in [0.25, 0.3) is 0 Å². The number of nitrogens with one attached hydrogen (secondary N) is 1. The lowest BCUT2D eigenvalue weighted by Crippen LogP contribution is -2.41. The number of nitrogens with two attached hydrogens (primary N) is 1. The third-order valence-electron chi connectivity index (χ3n) is 2.63. The van der Waals surface area contributed by atoms with Gasteiger partial charge in [-0.1, -0.05) is 0 Å². The smallest absolute Gasteiger partial charge is 0.326 e. The van der Waals surface area contributed by atoms with Gasteiger partial charge in [0.1, 0.15) is 11.8 Å².